The van der Waals surface area contributed by atoms with Crippen LogP contribution in [0.5, 0.6) is 5.75 Å². The van der Waals surface area contributed by atoms with Crippen LogP contribution in [0.2, 0.25) is 0 Å². The van der Waals surface area contributed by atoms with Crippen LogP contribution in [0.15, 0.2) is 36.7 Å². The number of hydrogen-bond donors (Lipinski definition) is 1. The third-order valence-corrected chi connectivity index (χ3v) is 2.93. The number of aryl methyl sites for hydroxylation is 1. The average Bonchev–Trinajstić information content (AvgIpc) is 2.84. The summed E-state index contributed by atoms with van der Waals surface area (Å²) < 4.78 is 7.31. The second kappa shape index (κ2) is 6.21. The second-order valence-electron chi connectivity index (χ2n) is 4.20. The van der Waals surface area contributed by atoms with Crippen LogP contribution in [-0.4, -0.2) is 23.2 Å². The summed E-state index contributed by atoms with van der Waals surface area (Å²) in [7, 11) is 1.68. The smallest absolute Gasteiger partial charge is 0.118 e. The molecule has 1 heterocycles. The van der Waals surface area contributed by atoms with Crippen molar-refractivity contribution in [2.24, 2.45) is 5.73 Å². The lowest BCUT2D eigenvalue weighted by molar-refractivity contribution is 0.414. The fraction of sp³-hybridized carbons (Fsp3) is 0.357. The van der Waals surface area contributed by atoms with Gasteiger partial charge in [-0.1, -0.05) is 12.1 Å². The lowest BCUT2D eigenvalue weighted by atomic mass is 10.1. The van der Waals surface area contributed by atoms with Crippen LogP contribution in [-0.2, 0) is 13.0 Å². The molecule has 2 N–H and O–H groups in total. The Hall–Kier alpha value is -1.81. The summed E-state index contributed by atoms with van der Waals surface area (Å²) in [5.41, 5.74) is 6.76. The molecule has 0 fully saturated rings. The van der Waals surface area contributed by atoms with Crippen molar-refractivity contribution in [2.45, 2.75) is 19.4 Å². The van der Waals surface area contributed by atoms with E-state index in [1.807, 2.05) is 24.5 Å². The Morgan fingerprint density at radius 1 is 1.28 bits per heavy atom. The highest BCUT2D eigenvalue weighted by Crippen LogP contribution is 2.14. The van der Waals surface area contributed by atoms with Gasteiger partial charge in [-0.2, -0.15) is 0 Å². The number of hydrogen-bond acceptors (Lipinski definition) is 3. The minimum atomic E-state index is 0.708. The Morgan fingerprint density at radius 2 is 2.06 bits per heavy atom. The van der Waals surface area contributed by atoms with Gasteiger partial charge in [-0.05, 0) is 30.7 Å². The highest BCUT2D eigenvalue weighted by Gasteiger charge is 2.04. The fourth-order valence-electron chi connectivity index (χ4n) is 1.90. The van der Waals surface area contributed by atoms with E-state index in [1.165, 1.54) is 5.56 Å². The highest BCUT2D eigenvalue weighted by molar-refractivity contribution is 5.28. The summed E-state index contributed by atoms with van der Waals surface area (Å²) in [5.74, 6) is 1.96. The maximum absolute atomic E-state index is 5.53. The minimum absolute atomic E-state index is 0.708. The van der Waals surface area contributed by atoms with Gasteiger partial charge in [0.1, 0.15) is 11.6 Å². The summed E-state index contributed by atoms with van der Waals surface area (Å²) in [6, 6.07) is 8.09. The van der Waals surface area contributed by atoms with Crippen LogP contribution < -0.4 is 10.5 Å². The standard InChI is InChI=1S/C14H19N3O/c1-18-13-5-3-12(4-6-13)11-14-16-8-10-17(14)9-2-7-15/h3-6,8,10H,2,7,9,11,15H2,1H3. The first-order valence-corrected chi connectivity index (χ1v) is 6.16. The van der Waals surface area contributed by atoms with Gasteiger partial charge in [0, 0.05) is 25.4 Å². The lowest BCUT2D eigenvalue weighted by Crippen LogP contribution is -2.08. The molecule has 18 heavy (non-hydrogen) atoms. The van der Waals surface area contributed by atoms with Gasteiger partial charge < -0.3 is 15.0 Å². The van der Waals surface area contributed by atoms with Crippen molar-refractivity contribution in [3.8, 4) is 5.75 Å². The number of nitrogens with zero attached hydrogens (tertiary/aromatic N) is 2. The molecule has 1 aromatic carbocycles. The zero-order chi connectivity index (χ0) is 12.8. The highest BCUT2D eigenvalue weighted by atomic mass is 16.5. The zero-order valence-electron chi connectivity index (χ0n) is 10.7. The molecule has 0 unspecified atom stereocenters. The normalized spacial score (nSPS) is 10.6. The van der Waals surface area contributed by atoms with Crippen molar-refractivity contribution in [3.63, 3.8) is 0 Å². The predicted octanol–water partition coefficient (Wildman–Crippen LogP) is 1.83. The second-order valence-corrected chi connectivity index (χ2v) is 4.20. The minimum Gasteiger partial charge on any atom is -0.497 e. The van der Waals surface area contributed by atoms with E-state index in [1.54, 1.807) is 7.11 Å². The maximum atomic E-state index is 5.53. The molecule has 0 radical (unpaired) electrons. The van der Waals surface area contributed by atoms with Crippen LogP contribution in [0.3, 0.4) is 0 Å². The molecule has 0 saturated heterocycles. The monoisotopic (exact) mass is 245 g/mol. The molecular weight excluding hydrogens is 226 g/mol. The molecule has 2 rings (SSSR count). The predicted molar refractivity (Wildman–Crippen MR) is 71.7 cm³/mol. The largest absolute Gasteiger partial charge is 0.497 e. The summed E-state index contributed by atoms with van der Waals surface area (Å²) in [5, 5.41) is 0. The van der Waals surface area contributed by atoms with Crippen molar-refractivity contribution < 1.29 is 4.74 Å². The molecule has 96 valence electrons. The van der Waals surface area contributed by atoms with Gasteiger partial charge in [-0.25, -0.2) is 4.98 Å². The van der Waals surface area contributed by atoms with E-state index in [2.05, 4.69) is 21.7 Å². The lowest BCUT2D eigenvalue weighted by Gasteiger charge is -2.07. The van der Waals surface area contributed by atoms with Crippen LogP contribution in [0.25, 0.3) is 0 Å². The van der Waals surface area contributed by atoms with Gasteiger partial charge >= 0.3 is 0 Å². The van der Waals surface area contributed by atoms with Gasteiger partial charge in [-0.3, -0.25) is 0 Å². The first kappa shape index (κ1) is 12.6. The molecular formula is C14H19N3O. The molecule has 0 amide bonds. The van der Waals surface area contributed by atoms with Crippen molar-refractivity contribution in [2.75, 3.05) is 13.7 Å². The number of methoxy groups -OCH3 is 1. The zero-order valence-corrected chi connectivity index (χ0v) is 10.7. The molecule has 1 aromatic heterocycles. The van der Waals surface area contributed by atoms with Gasteiger partial charge in [0.25, 0.3) is 0 Å². The number of aromatic nitrogens is 2. The Bertz CT molecular complexity index is 476. The third kappa shape index (κ3) is 3.11. The van der Waals surface area contributed by atoms with Crippen molar-refractivity contribution in [1.82, 2.24) is 9.55 Å². The van der Waals surface area contributed by atoms with Gasteiger partial charge in [-0.15, -0.1) is 0 Å². The van der Waals surface area contributed by atoms with E-state index >= 15 is 0 Å². The first-order valence-electron chi connectivity index (χ1n) is 6.16. The number of nitrogens with two attached hydrogens (primary N) is 1. The molecule has 0 atom stereocenters. The van der Waals surface area contributed by atoms with Crippen molar-refractivity contribution in [3.05, 3.63) is 48.0 Å². The van der Waals surface area contributed by atoms with Crippen LogP contribution in [0.1, 0.15) is 17.8 Å². The fourth-order valence-corrected chi connectivity index (χ4v) is 1.90. The average molecular weight is 245 g/mol. The van der Waals surface area contributed by atoms with Crippen LogP contribution >= 0.6 is 0 Å². The molecule has 0 spiro atoms. The van der Waals surface area contributed by atoms with E-state index < -0.39 is 0 Å². The van der Waals surface area contributed by atoms with Crippen molar-refractivity contribution >= 4 is 0 Å². The summed E-state index contributed by atoms with van der Waals surface area (Å²) in [6.07, 6.45) is 5.66. The van der Waals surface area contributed by atoms with E-state index in [0.29, 0.717) is 6.54 Å². The van der Waals surface area contributed by atoms with Gasteiger partial charge in [0.05, 0.1) is 7.11 Å². The Morgan fingerprint density at radius 3 is 2.72 bits per heavy atom. The molecule has 0 aliphatic heterocycles. The Balaban J connectivity index is 2.05. The molecule has 0 aliphatic rings. The summed E-state index contributed by atoms with van der Waals surface area (Å²) >= 11 is 0. The quantitative estimate of drug-likeness (QED) is 0.844. The Kier molecular flexibility index (Phi) is 4.36. The summed E-state index contributed by atoms with van der Waals surface area (Å²) in [6.45, 7) is 1.64. The number of imidazole rings is 1. The van der Waals surface area contributed by atoms with Crippen LogP contribution in [0.4, 0.5) is 0 Å². The van der Waals surface area contributed by atoms with Crippen LogP contribution in [0, 0.1) is 0 Å². The van der Waals surface area contributed by atoms with Crippen molar-refractivity contribution in [1.29, 1.82) is 0 Å². The first-order chi connectivity index (χ1) is 8.83. The summed E-state index contributed by atoms with van der Waals surface area (Å²) in [4.78, 5) is 4.40. The van der Waals surface area contributed by atoms with Gasteiger partial charge in [0.15, 0.2) is 0 Å². The number of ether oxygens (including phenoxy) is 1. The molecule has 0 bridgehead atoms. The Labute approximate surface area is 107 Å². The van der Waals surface area contributed by atoms with E-state index in [4.69, 9.17) is 10.5 Å². The maximum Gasteiger partial charge on any atom is 0.118 e. The molecule has 0 aliphatic carbocycles. The van der Waals surface area contributed by atoms with E-state index in [9.17, 15) is 0 Å². The topological polar surface area (TPSA) is 53.1 Å². The third-order valence-electron chi connectivity index (χ3n) is 2.93. The van der Waals surface area contributed by atoms with E-state index in [0.717, 1.165) is 31.0 Å². The number of benzene rings is 1. The molecule has 0 saturated carbocycles. The van der Waals surface area contributed by atoms with Gasteiger partial charge in [0.2, 0.25) is 0 Å². The number of rotatable bonds is 6. The molecule has 2 aromatic rings. The van der Waals surface area contributed by atoms with E-state index in [-0.39, 0.29) is 0 Å². The molecule has 4 nitrogen and oxygen atoms in total. The molecule has 4 heteroatoms. The SMILES string of the molecule is COc1ccc(Cc2nccn2CCCN)cc1.